The van der Waals surface area contributed by atoms with Crippen molar-refractivity contribution in [2.24, 2.45) is 4.99 Å². The first-order valence-corrected chi connectivity index (χ1v) is 8.64. The number of pyridine rings is 1. The molecule has 0 saturated carbocycles. The van der Waals surface area contributed by atoms with Gasteiger partial charge in [-0.2, -0.15) is 0 Å². The van der Waals surface area contributed by atoms with Crippen molar-refractivity contribution in [3.05, 3.63) is 64.3 Å². The predicted molar refractivity (Wildman–Crippen MR) is 99.0 cm³/mol. The first-order valence-electron chi connectivity index (χ1n) is 7.84. The second-order valence-corrected chi connectivity index (χ2v) is 6.25. The minimum absolute atomic E-state index is 0.255. The van der Waals surface area contributed by atoms with Crippen molar-refractivity contribution in [1.82, 2.24) is 25.2 Å². The third-order valence-electron chi connectivity index (χ3n) is 3.71. The van der Waals surface area contributed by atoms with E-state index in [0.717, 1.165) is 23.5 Å². The number of hydrogen-bond donors (Lipinski definition) is 2. The van der Waals surface area contributed by atoms with Gasteiger partial charge in [0.05, 0.1) is 11.0 Å². The van der Waals surface area contributed by atoms with Crippen molar-refractivity contribution in [2.75, 3.05) is 13.6 Å². The summed E-state index contributed by atoms with van der Waals surface area (Å²) < 4.78 is 15.6. The number of guanidine groups is 1. The van der Waals surface area contributed by atoms with Gasteiger partial charge in [0.15, 0.2) is 17.4 Å². The molecule has 0 saturated heterocycles. The number of hydrogen-bond acceptors (Lipinski definition) is 3. The molecule has 0 unspecified atom stereocenters. The zero-order valence-corrected chi connectivity index (χ0v) is 15.3. The van der Waals surface area contributed by atoms with Gasteiger partial charge in [-0.3, -0.25) is 9.39 Å². The van der Waals surface area contributed by atoms with E-state index >= 15 is 0 Å². The number of aliphatic imine (C=N–C) groups is 1. The number of aromatic nitrogens is 3. The lowest BCUT2D eigenvalue weighted by atomic mass is 10.1. The van der Waals surface area contributed by atoms with Crippen LogP contribution in [0.25, 0.3) is 5.65 Å². The lowest BCUT2D eigenvalue weighted by molar-refractivity contribution is 0.620. The average molecular weight is 405 g/mol. The van der Waals surface area contributed by atoms with Crippen LogP contribution in [0.15, 0.2) is 52.1 Å². The Morgan fingerprint density at radius 1 is 1.24 bits per heavy atom. The highest BCUT2D eigenvalue weighted by Crippen LogP contribution is 2.16. The van der Waals surface area contributed by atoms with E-state index in [1.165, 1.54) is 6.07 Å². The van der Waals surface area contributed by atoms with Crippen molar-refractivity contribution in [3.8, 4) is 0 Å². The van der Waals surface area contributed by atoms with Crippen LogP contribution in [0.1, 0.15) is 11.4 Å². The molecule has 1 aromatic carbocycles. The van der Waals surface area contributed by atoms with Crippen LogP contribution in [-0.2, 0) is 13.0 Å². The van der Waals surface area contributed by atoms with Gasteiger partial charge >= 0.3 is 0 Å². The normalized spacial score (nSPS) is 11.7. The predicted octanol–water partition coefficient (Wildman–Crippen LogP) is 2.54. The zero-order chi connectivity index (χ0) is 17.6. The largest absolute Gasteiger partial charge is 0.356 e. The van der Waals surface area contributed by atoms with Gasteiger partial charge in [-0.25, -0.2) is 4.39 Å². The molecular weight excluding hydrogens is 387 g/mol. The second-order valence-electron chi connectivity index (χ2n) is 5.40. The molecular formula is C17H18BrFN6. The van der Waals surface area contributed by atoms with E-state index < -0.39 is 0 Å². The van der Waals surface area contributed by atoms with E-state index in [0.29, 0.717) is 23.5 Å². The molecule has 25 heavy (non-hydrogen) atoms. The SMILES string of the molecule is CN=C(NCCc1ccc(F)c(Br)c1)NCc1nnc2ccccn12. The molecule has 130 valence electrons. The van der Waals surface area contributed by atoms with Crippen molar-refractivity contribution >= 4 is 27.5 Å². The number of nitrogens with one attached hydrogen (secondary N) is 2. The van der Waals surface area contributed by atoms with Crippen molar-refractivity contribution in [3.63, 3.8) is 0 Å². The summed E-state index contributed by atoms with van der Waals surface area (Å²) in [4.78, 5) is 4.20. The number of benzene rings is 1. The highest BCUT2D eigenvalue weighted by molar-refractivity contribution is 9.10. The Bertz CT molecular complexity index is 892. The van der Waals surface area contributed by atoms with Crippen LogP contribution < -0.4 is 10.6 Å². The van der Waals surface area contributed by atoms with Crippen molar-refractivity contribution < 1.29 is 4.39 Å². The molecule has 0 spiro atoms. The van der Waals surface area contributed by atoms with Crippen LogP contribution in [0.4, 0.5) is 4.39 Å². The van der Waals surface area contributed by atoms with Crippen LogP contribution in [0, 0.1) is 5.82 Å². The minimum Gasteiger partial charge on any atom is -0.356 e. The van der Waals surface area contributed by atoms with Crippen LogP contribution in [0.5, 0.6) is 0 Å². The number of nitrogens with zero attached hydrogens (tertiary/aromatic N) is 4. The summed E-state index contributed by atoms with van der Waals surface area (Å²) in [7, 11) is 1.71. The molecule has 0 radical (unpaired) electrons. The Morgan fingerprint density at radius 3 is 2.92 bits per heavy atom. The summed E-state index contributed by atoms with van der Waals surface area (Å²) >= 11 is 3.20. The molecule has 0 atom stereocenters. The Kier molecular flexibility index (Phi) is 5.60. The van der Waals surface area contributed by atoms with Crippen LogP contribution in [0.2, 0.25) is 0 Å². The fourth-order valence-electron chi connectivity index (χ4n) is 2.42. The molecule has 0 aliphatic carbocycles. The summed E-state index contributed by atoms with van der Waals surface area (Å²) in [5.74, 6) is 1.23. The molecule has 0 fully saturated rings. The summed E-state index contributed by atoms with van der Waals surface area (Å²) in [6, 6.07) is 10.8. The highest BCUT2D eigenvalue weighted by atomic mass is 79.9. The van der Waals surface area contributed by atoms with Crippen molar-refractivity contribution in [2.45, 2.75) is 13.0 Å². The third-order valence-corrected chi connectivity index (χ3v) is 4.32. The smallest absolute Gasteiger partial charge is 0.191 e. The van der Waals surface area contributed by atoms with E-state index in [2.05, 4.69) is 41.8 Å². The Balaban J connectivity index is 1.52. The fourth-order valence-corrected chi connectivity index (χ4v) is 2.84. The quantitative estimate of drug-likeness (QED) is 0.506. The molecule has 2 aromatic heterocycles. The maximum Gasteiger partial charge on any atom is 0.191 e. The van der Waals surface area contributed by atoms with Crippen LogP contribution >= 0.6 is 15.9 Å². The first-order chi connectivity index (χ1) is 12.2. The van der Waals surface area contributed by atoms with E-state index in [1.54, 1.807) is 19.2 Å². The first kappa shape index (κ1) is 17.3. The van der Waals surface area contributed by atoms with E-state index in [1.807, 2.05) is 28.8 Å². The monoisotopic (exact) mass is 404 g/mol. The van der Waals surface area contributed by atoms with Gasteiger partial charge in [0.25, 0.3) is 0 Å². The maximum atomic E-state index is 13.2. The molecule has 3 aromatic rings. The average Bonchev–Trinajstić information content (AvgIpc) is 3.04. The van der Waals surface area contributed by atoms with E-state index in [-0.39, 0.29) is 5.82 Å². The Hall–Kier alpha value is -2.48. The van der Waals surface area contributed by atoms with E-state index in [4.69, 9.17) is 0 Å². The molecule has 3 rings (SSSR count). The summed E-state index contributed by atoms with van der Waals surface area (Å²) in [6.07, 6.45) is 2.68. The van der Waals surface area contributed by atoms with Gasteiger partial charge in [-0.05, 0) is 52.2 Å². The molecule has 6 nitrogen and oxygen atoms in total. The molecule has 0 aliphatic heterocycles. The lowest BCUT2D eigenvalue weighted by Crippen LogP contribution is -2.38. The van der Waals surface area contributed by atoms with E-state index in [9.17, 15) is 4.39 Å². The summed E-state index contributed by atoms with van der Waals surface area (Å²) in [5.41, 5.74) is 1.85. The standard InChI is InChI=1S/C17H18BrFN6/c1-20-17(21-8-7-12-5-6-14(19)13(18)10-12)22-11-16-24-23-15-4-2-3-9-25(15)16/h2-6,9-10H,7-8,11H2,1H3,(H2,20,21,22). The van der Waals surface area contributed by atoms with Crippen LogP contribution in [0.3, 0.4) is 0 Å². The van der Waals surface area contributed by atoms with Crippen molar-refractivity contribution in [1.29, 1.82) is 0 Å². The lowest BCUT2D eigenvalue weighted by Gasteiger charge is -2.11. The number of rotatable bonds is 5. The topological polar surface area (TPSA) is 66.6 Å². The molecule has 0 amide bonds. The third kappa shape index (κ3) is 4.33. The van der Waals surface area contributed by atoms with Crippen LogP contribution in [-0.4, -0.2) is 34.2 Å². The number of halogens is 2. The summed E-state index contributed by atoms with van der Waals surface area (Å²) in [5, 5.41) is 14.7. The second kappa shape index (κ2) is 8.06. The van der Waals surface area contributed by atoms with Gasteiger partial charge in [0.2, 0.25) is 0 Å². The maximum absolute atomic E-state index is 13.2. The fraction of sp³-hybridized carbons (Fsp3) is 0.235. The van der Waals surface area contributed by atoms with Gasteiger partial charge in [0, 0.05) is 19.8 Å². The van der Waals surface area contributed by atoms with Gasteiger partial charge in [-0.1, -0.05) is 12.1 Å². The molecule has 8 heteroatoms. The van der Waals surface area contributed by atoms with Gasteiger partial charge < -0.3 is 10.6 Å². The molecule has 0 aliphatic rings. The van der Waals surface area contributed by atoms with Gasteiger partial charge in [0.1, 0.15) is 5.82 Å². The number of fused-ring (bicyclic) bond motifs is 1. The Morgan fingerprint density at radius 2 is 2.12 bits per heavy atom. The minimum atomic E-state index is -0.255. The van der Waals surface area contributed by atoms with Gasteiger partial charge in [-0.15, -0.1) is 10.2 Å². The zero-order valence-electron chi connectivity index (χ0n) is 13.7. The summed E-state index contributed by atoms with van der Waals surface area (Å²) in [6.45, 7) is 1.19. The Labute approximate surface area is 153 Å². The molecule has 0 bridgehead atoms. The molecule has 2 N–H and O–H groups in total. The molecule has 2 heterocycles. The highest BCUT2D eigenvalue weighted by Gasteiger charge is 2.06.